The van der Waals surface area contributed by atoms with Gasteiger partial charge in [-0.3, -0.25) is 0 Å². The molecule has 0 atom stereocenters. The minimum atomic E-state index is -1.18. The number of alkyl carbamates (subject to hydrolysis) is 1. The van der Waals surface area contributed by atoms with E-state index in [0.717, 1.165) is 36.0 Å². The lowest BCUT2D eigenvalue weighted by atomic mass is 9.78. The Morgan fingerprint density at radius 2 is 1.51 bits per heavy atom. The van der Waals surface area contributed by atoms with E-state index in [1.807, 2.05) is 45.0 Å². The molecule has 37 heavy (non-hydrogen) atoms. The first-order valence-electron chi connectivity index (χ1n) is 12.1. The number of ether oxygens (including phenoxy) is 3. The molecule has 1 aliphatic carbocycles. The third kappa shape index (κ3) is 6.61. The Bertz CT molecular complexity index is 1230. The molecule has 1 heterocycles. The van der Waals surface area contributed by atoms with Crippen LogP contribution in [0.4, 0.5) is 4.79 Å². The van der Waals surface area contributed by atoms with Crippen LogP contribution in [0.3, 0.4) is 0 Å². The van der Waals surface area contributed by atoms with Gasteiger partial charge < -0.3 is 29.1 Å². The number of hydrogen-bond acceptors (Lipinski definition) is 7. The first-order chi connectivity index (χ1) is 17.4. The van der Waals surface area contributed by atoms with Crippen molar-refractivity contribution in [1.29, 1.82) is 0 Å². The first kappa shape index (κ1) is 26.1. The molecule has 0 saturated heterocycles. The van der Waals surface area contributed by atoms with Crippen molar-refractivity contribution in [3.8, 4) is 17.6 Å². The molecule has 2 N–H and O–H groups in total. The van der Waals surface area contributed by atoms with E-state index in [-0.39, 0.29) is 29.3 Å². The maximum absolute atomic E-state index is 11.9. The normalized spacial score (nSPS) is 17.4. The number of hydrogen-bond donors (Lipinski definition) is 2. The number of amides is 1. The van der Waals surface area contributed by atoms with Crippen molar-refractivity contribution in [1.82, 2.24) is 10.3 Å². The van der Waals surface area contributed by atoms with E-state index in [1.54, 1.807) is 12.1 Å². The summed E-state index contributed by atoms with van der Waals surface area (Å²) in [5.74, 6) is 0.0944. The molecule has 1 aliphatic rings. The lowest BCUT2D eigenvalue weighted by molar-refractivity contribution is 0.0362. The number of carbonyl (C=O) groups excluding carboxylic acids is 1. The molecule has 9 nitrogen and oxygen atoms in total. The molecular formula is C28H32N2O7. The minimum absolute atomic E-state index is 0.0570. The molecule has 0 bridgehead atoms. The predicted octanol–water partition coefficient (Wildman–Crippen LogP) is 5.93. The minimum Gasteiger partial charge on any atom is -0.490 e. The monoisotopic (exact) mass is 508 g/mol. The van der Waals surface area contributed by atoms with E-state index in [9.17, 15) is 9.59 Å². The summed E-state index contributed by atoms with van der Waals surface area (Å²) < 4.78 is 21.9. The number of aromatic carboxylic acids is 1. The fraction of sp³-hybridized carbons (Fsp3) is 0.393. The van der Waals surface area contributed by atoms with Crippen LogP contribution in [0.5, 0.6) is 17.6 Å². The molecule has 2 aromatic carbocycles. The van der Waals surface area contributed by atoms with Gasteiger partial charge in [-0.2, -0.15) is 4.98 Å². The predicted molar refractivity (Wildman–Crippen MR) is 135 cm³/mol. The average Bonchev–Trinajstić information content (AvgIpc) is 3.26. The summed E-state index contributed by atoms with van der Waals surface area (Å²) in [7, 11) is 0. The van der Waals surface area contributed by atoms with Crippen molar-refractivity contribution >= 4 is 12.1 Å². The molecule has 4 rings (SSSR count). The Kier molecular flexibility index (Phi) is 7.16. The van der Waals surface area contributed by atoms with Crippen molar-refractivity contribution in [2.75, 3.05) is 0 Å². The zero-order valence-electron chi connectivity index (χ0n) is 21.6. The highest BCUT2D eigenvalue weighted by Crippen LogP contribution is 2.35. The number of benzene rings is 2. The van der Waals surface area contributed by atoms with Crippen LogP contribution in [0, 0.1) is 0 Å². The van der Waals surface area contributed by atoms with E-state index < -0.39 is 17.7 Å². The lowest BCUT2D eigenvalue weighted by Crippen LogP contribution is -2.50. The smallest absolute Gasteiger partial charge is 0.407 e. The Morgan fingerprint density at radius 3 is 2.03 bits per heavy atom. The van der Waals surface area contributed by atoms with Gasteiger partial charge in [0.1, 0.15) is 29.5 Å². The molecule has 196 valence electrons. The molecule has 0 spiro atoms. The van der Waals surface area contributed by atoms with Crippen molar-refractivity contribution in [3.05, 3.63) is 71.6 Å². The van der Waals surface area contributed by atoms with Crippen LogP contribution in [0.1, 0.15) is 69.1 Å². The Balaban J connectivity index is 1.30. The van der Waals surface area contributed by atoms with Crippen molar-refractivity contribution in [3.63, 3.8) is 0 Å². The molecule has 3 aromatic rings. The molecule has 0 radical (unpaired) electrons. The number of carbonyl (C=O) groups is 2. The van der Waals surface area contributed by atoms with Crippen LogP contribution >= 0.6 is 0 Å². The highest BCUT2D eigenvalue weighted by molar-refractivity contribution is 5.84. The molecule has 1 saturated carbocycles. The lowest BCUT2D eigenvalue weighted by Gasteiger charge is -2.36. The SMILES string of the molecule is CC(C)(C)OC(=O)N[C@H]1C[C@H](Oc2ccc(C(C)(C)c3ccc(Oc4nc(C(=O)O)co4)cc3)cc2)C1. The molecule has 0 aliphatic heterocycles. The van der Waals surface area contributed by atoms with E-state index in [0.29, 0.717) is 5.75 Å². The molecule has 9 heteroatoms. The Hall–Kier alpha value is -4.01. The zero-order valence-corrected chi connectivity index (χ0v) is 21.6. The standard InChI is InChI=1S/C28H32N2O7/c1-27(2,3)37-25(33)29-19-14-22(15-19)35-20-10-6-17(7-11-20)28(4,5)18-8-12-21(13-9-18)36-26-30-23(16-34-26)24(31)32/h6-13,16,19,22H,14-15H2,1-5H3,(H,29,33)(H,31,32)/t19-,22-. The summed E-state index contributed by atoms with van der Waals surface area (Å²) in [6, 6.07) is 15.6. The number of nitrogens with one attached hydrogen (secondary N) is 1. The van der Waals surface area contributed by atoms with Gasteiger partial charge in [-0.05, 0) is 56.2 Å². The fourth-order valence-corrected chi connectivity index (χ4v) is 4.01. The van der Waals surface area contributed by atoms with E-state index >= 15 is 0 Å². The molecular weight excluding hydrogens is 476 g/mol. The van der Waals surface area contributed by atoms with Gasteiger partial charge in [0.25, 0.3) is 0 Å². The van der Waals surface area contributed by atoms with E-state index in [4.69, 9.17) is 23.7 Å². The quantitative estimate of drug-likeness (QED) is 0.384. The van der Waals surface area contributed by atoms with Gasteiger partial charge in [0.05, 0.1) is 0 Å². The number of rotatable bonds is 8. The van der Waals surface area contributed by atoms with Crippen LogP contribution in [0.2, 0.25) is 0 Å². The van der Waals surface area contributed by atoms with E-state index in [1.165, 1.54) is 0 Å². The molecule has 1 aromatic heterocycles. The van der Waals surface area contributed by atoms with Gasteiger partial charge in [-0.25, -0.2) is 9.59 Å². The number of carboxylic acid groups (broad SMARTS) is 1. The molecule has 0 unspecified atom stereocenters. The summed E-state index contributed by atoms with van der Waals surface area (Å²) in [4.78, 5) is 26.6. The summed E-state index contributed by atoms with van der Waals surface area (Å²) in [6.07, 6.45) is 2.05. The summed E-state index contributed by atoms with van der Waals surface area (Å²) in [5.41, 5.74) is 1.18. The summed E-state index contributed by atoms with van der Waals surface area (Å²) in [6.45, 7) is 9.78. The zero-order chi connectivity index (χ0) is 26.8. The van der Waals surface area contributed by atoms with Crippen LogP contribution in [-0.4, -0.2) is 39.9 Å². The van der Waals surface area contributed by atoms with Crippen LogP contribution in [0.25, 0.3) is 0 Å². The second kappa shape index (κ2) is 10.2. The molecule has 1 fully saturated rings. The van der Waals surface area contributed by atoms with Crippen molar-refractivity contribution in [2.45, 2.75) is 70.6 Å². The second-order valence-electron chi connectivity index (χ2n) is 10.6. The highest BCUT2D eigenvalue weighted by atomic mass is 16.6. The number of carboxylic acids is 1. The third-order valence-corrected chi connectivity index (χ3v) is 6.18. The molecule has 1 amide bonds. The van der Waals surface area contributed by atoms with Gasteiger partial charge in [-0.15, -0.1) is 0 Å². The average molecular weight is 509 g/mol. The van der Waals surface area contributed by atoms with Crippen LogP contribution < -0.4 is 14.8 Å². The Morgan fingerprint density at radius 1 is 0.946 bits per heavy atom. The summed E-state index contributed by atoms with van der Waals surface area (Å²) >= 11 is 0. The maximum Gasteiger partial charge on any atom is 0.407 e. The van der Waals surface area contributed by atoms with E-state index in [2.05, 4.69) is 36.3 Å². The van der Waals surface area contributed by atoms with Crippen LogP contribution in [0.15, 0.2) is 59.2 Å². The van der Waals surface area contributed by atoms with Gasteiger partial charge >= 0.3 is 18.1 Å². The van der Waals surface area contributed by atoms with Gasteiger partial charge in [0, 0.05) is 24.3 Å². The first-order valence-corrected chi connectivity index (χ1v) is 12.1. The highest BCUT2D eigenvalue weighted by Gasteiger charge is 2.33. The largest absolute Gasteiger partial charge is 0.490 e. The number of oxazole rings is 1. The van der Waals surface area contributed by atoms with Crippen molar-refractivity contribution in [2.24, 2.45) is 0 Å². The second-order valence-corrected chi connectivity index (χ2v) is 10.6. The fourth-order valence-electron chi connectivity index (χ4n) is 4.01. The number of aromatic nitrogens is 1. The summed E-state index contributed by atoms with van der Waals surface area (Å²) in [5, 5.41) is 11.8. The number of nitrogens with zero attached hydrogens (tertiary/aromatic N) is 1. The van der Waals surface area contributed by atoms with Gasteiger partial charge in [0.15, 0.2) is 5.69 Å². The van der Waals surface area contributed by atoms with Gasteiger partial charge in [-0.1, -0.05) is 38.1 Å². The van der Waals surface area contributed by atoms with Crippen LogP contribution in [-0.2, 0) is 10.2 Å². The van der Waals surface area contributed by atoms with Crippen molar-refractivity contribution < 1.29 is 33.3 Å². The third-order valence-electron chi connectivity index (χ3n) is 6.18. The topological polar surface area (TPSA) is 120 Å². The van der Waals surface area contributed by atoms with Gasteiger partial charge in [0.2, 0.25) is 0 Å². The maximum atomic E-state index is 11.9. The Labute approximate surface area is 215 Å².